The van der Waals surface area contributed by atoms with Crippen molar-refractivity contribution in [1.29, 1.82) is 0 Å². The van der Waals surface area contributed by atoms with Crippen LogP contribution in [0, 0.1) is 17.8 Å². The monoisotopic (exact) mass is 508 g/mol. The van der Waals surface area contributed by atoms with Crippen molar-refractivity contribution in [2.75, 3.05) is 26.3 Å². The van der Waals surface area contributed by atoms with E-state index in [-0.39, 0.29) is 48.2 Å². The summed E-state index contributed by atoms with van der Waals surface area (Å²) in [5.74, 6) is -1.22. The van der Waals surface area contributed by atoms with Gasteiger partial charge in [-0.15, -0.1) is 18.3 Å². The van der Waals surface area contributed by atoms with Crippen molar-refractivity contribution in [3.05, 3.63) is 12.7 Å². The molecule has 3 aliphatic rings. The normalized spacial score (nSPS) is 32.0. The lowest BCUT2D eigenvalue weighted by Gasteiger charge is -2.41. The number of esters is 1. The molecule has 35 heavy (non-hydrogen) atoms. The molecule has 0 radical (unpaired) electrons. The number of thioether (sulfide) groups is 1. The van der Waals surface area contributed by atoms with E-state index in [1.54, 1.807) is 29.7 Å². The van der Waals surface area contributed by atoms with Crippen LogP contribution in [-0.4, -0.2) is 81.1 Å². The predicted octanol–water partition coefficient (Wildman–Crippen LogP) is 3.64. The molecule has 0 aromatic rings. The smallest absolute Gasteiger partial charge is 0.310 e. The van der Waals surface area contributed by atoms with E-state index in [0.29, 0.717) is 13.1 Å². The number of amides is 2. The second kappa shape index (κ2) is 12.1. The fourth-order valence-corrected chi connectivity index (χ4v) is 9.05. The van der Waals surface area contributed by atoms with Gasteiger partial charge in [0.2, 0.25) is 11.8 Å². The highest BCUT2D eigenvalue weighted by Gasteiger charge is 2.76. The van der Waals surface area contributed by atoms with Gasteiger partial charge in [0.1, 0.15) is 6.04 Å². The number of nitrogens with zero attached hydrogens (tertiary/aromatic N) is 2. The Kier molecular flexibility index (Phi) is 9.72. The fourth-order valence-electron chi connectivity index (χ4n) is 6.65. The minimum absolute atomic E-state index is 0.0124. The molecule has 7 nitrogen and oxygen atoms in total. The van der Waals surface area contributed by atoms with Gasteiger partial charge in [-0.25, -0.2) is 0 Å². The Bertz CT molecular complexity index is 792. The van der Waals surface area contributed by atoms with Crippen LogP contribution in [0.2, 0.25) is 0 Å². The van der Waals surface area contributed by atoms with Gasteiger partial charge in [-0.1, -0.05) is 39.2 Å². The quantitative estimate of drug-likeness (QED) is 0.219. The van der Waals surface area contributed by atoms with Crippen LogP contribution < -0.4 is 0 Å². The lowest BCUT2D eigenvalue weighted by atomic mass is 9.66. The summed E-state index contributed by atoms with van der Waals surface area (Å²) in [6.07, 6.45) is 7.72. The fraction of sp³-hybridized carbons (Fsp3) is 0.815. The molecule has 3 saturated heterocycles. The molecule has 3 fully saturated rings. The van der Waals surface area contributed by atoms with Crippen molar-refractivity contribution in [1.82, 2.24) is 9.80 Å². The van der Waals surface area contributed by atoms with Gasteiger partial charge in [0.15, 0.2) is 0 Å². The zero-order valence-corrected chi connectivity index (χ0v) is 22.7. The van der Waals surface area contributed by atoms with E-state index >= 15 is 0 Å². The second-order valence-corrected chi connectivity index (χ2v) is 11.9. The molecule has 0 aromatic heterocycles. The van der Waals surface area contributed by atoms with Gasteiger partial charge >= 0.3 is 5.97 Å². The van der Waals surface area contributed by atoms with E-state index in [1.807, 2.05) is 4.90 Å². The minimum atomic E-state index is -0.604. The van der Waals surface area contributed by atoms with Gasteiger partial charge in [0, 0.05) is 31.0 Å². The van der Waals surface area contributed by atoms with Crippen LogP contribution in [0.25, 0.3) is 0 Å². The molecule has 4 unspecified atom stereocenters. The van der Waals surface area contributed by atoms with Crippen LogP contribution in [0.3, 0.4) is 0 Å². The number of fused-ring (bicyclic) bond motifs is 1. The molecule has 2 amide bonds. The highest BCUT2D eigenvalue weighted by Crippen LogP contribution is 2.68. The van der Waals surface area contributed by atoms with E-state index in [1.165, 1.54) is 0 Å². The molecule has 2 bridgehead atoms. The van der Waals surface area contributed by atoms with Gasteiger partial charge in [0.25, 0.3) is 0 Å². The number of likely N-dealkylation sites (tertiary alicyclic amines) is 1. The van der Waals surface area contributed by atoms with Crippen LogP contribution in [0.5, 0.6) is 0 Å². The zero-order valence-electron chi connectivity index (χ0n) is 21.9. The Labute approximate surface area is 215 Å². The first-order valence-corrected chi connectivity index (χ1v) is 14.3. The molecule has 7 atom stereocenters. The number of carbonyl (C=O) groups is 3. The molecule has 0 aliphatic carbocycles. The molecule has 1 N–H and O–H groups in total. The Morgan fingerprint density at radius 3 is 2.66 bits per heavy atom. The van der Waals surface area contributed by atoms with Crippen molar-refractivity contribution in [3.8, 4) is 0 Å². The lowest BCUT2D eigenvalue weighted by molar-refractivity contribution is -0.154. The molecule has 3 rings (SSSR count). The summed E-state index contributed by atoms with van der Waals surface area (Å²) < 4.78 is 4.82. The first-order valence-electron chi connectivity index (χ1n) is 13.5. The third-order valence-electron chi connectivity index (χ3n) is 8.19. The van der Waals surface area contributed by atoms with Gasteiger partial charge in [0.05, 0.1) is 23.2 Å². The molecule has 8 heteroatoms. The molecule has 1 spiro atoms. The molecule has 198 valence electrons. The van der Waals surface area contributed by atoms with Gasteiger partial charge in [-0.2, -0.15) is 0 Å². The number of aliphatic hydroxyl groups is 1. The number of rotatable bonds is 14. The average Bonchev–Trinajstić information content (AvgIpc) is 3.41. The maximum Gasteiger partial charge on any atom is 0.310 e. The summed E-state index contributed by atoms with van der Waals surface area (Å²) in [6.45, 7) is 13.4. The third kappa shape index (κ3) is 5.02. The third-order valence-corrected chi connectivity index (χ3v) is 10.3. The highest BCUT2D eigenvalue weighted by molar-refractivity contribution is 8.02. The van der Waals surface area contributed by atoms with Crippen molar-refractivity contribution in [3.63, 3.8) is 0 Å². The van der Waals surface area contributed by atoms with E-state index < -0.39 is 22.6 Å². The Morgan fingerprint density at radius 1 is 1.31 bits per heavy atom. The first-order chi connectivity index (χ1) is 16.8. The molecule has 3 aliphatic heterocycles. The SMILES string of the molecule is C=CCN(C(=O)C1N(CCCCCCO)C(=O)[C@@H]2[C@H](C(=O)OCC)[C@@H]3CC(C)C12S3)C(C)CCC. The van der Waals surface area contributed by atoms with Crippen LogP contribution in [0.1, 0.15) is 72.6 Å². The number of aliphatic hydroxyl groups excluding tert-OH is 1. The van der Waals surface area contributed by atoms with E-state index in [2.05, 4.69) is 27.4 Å². The van der Waals surface area contributed by atoms with Crippen LogP contribution in [0.4, 0.5) is 0 Å². The van der Waals surface area contributed by atoms with Crippen LogP contribution in [0.15, 0.2) is 12.7 Å². The van der Waals surface area contributed by atoms with E-state index in [4.69, 9.17) is 9.84 Å². The highest BCUT2D eigenvalue weighted by atomic mass is 32.2. The molecule has 0 aromatic carbocycles. The average molecular weight is 509 g/mol. The zero-order chi connectivity index (χ0) is 25.8. The summed E-state index contributed by atoms with van der Waals surface area (Å²) in [7, 11) is 0. The summed E-state index contributed by atoms with van der Waals surface area (Å²) in [5.41, 5.74) is 0. The molecular weight excluding hydrogens is 464 g/mol. The largest absolute Gasteiger partial charge is 0.466 e. The number of ether oxygens (including phenoxy) is 1. The van der Waals surface area contributed by atoms with Gasteiger partial charge in [-0.3, -0.25) is 14.4 Å². The number of hydrogen-bond acceptors (Lipinski definition) is 6. The summed E-state index contributed by atoms with van der Waals surface area (Å²) in [5, 5.41) is 9.12. The summed E-state index contributed by atoms with van der Waals surface area (Å²) in [6, 6.07) is -0.538. The lowest BCUT2D eigenvalue weighted by Crippen LogP contribution is -2.58. The summed E-state index contributed by atoms with van der Waals surface area (Å²) >= 11 is 1.70. The van der Waals surface area contributed by atoms with Crippen molar-refractivity contribution in [2.45, 2.75) is 94.7 Å². The molecule has 0 saturated carbocycles. The van der Waals surface area contributed by atoms with E-state index in [0.717, 1.165) is 44.9 Å². The number of carbonyl (C=O) groups excluding carboxylic acids is 3. The second-order valence-electron chi connectivity index (χ2n) is 10.4. The molecule has 3 heterocycles. The van der Waals surface area contributed by atoms with Crippen molar-refractivity contribution >= 4 is 29.5 Å². The number of unbranched alkanes of at least 4 members (excludes halogenated alkanes) is 3. The number of hydrogen-bond donors (Lipinski definition) is 1. The van der Waals surface area contributed by atoms with E-state index in [9.17, 15) is 14.4 Å². The standard InChI is InChI=1S/C27H44N2O5S/c1-6-13-19(5)28(14-7-2)25(32)23-27-18(4)17-20(35-27)21(26(33)34-8-3)22(27)24(31)29(23)15-11-9-10-12-16-30/h7,18-23,30H,2,6,8-17H2,1,3-5H3/t18?,19?,20-,21+,22-,23?,27?/m0/s1. The topological polar surface area (TPSA) is 87.2 Å². The van der Waals surface area contributed by atoms with Crippen LogP contribution >= 0.6 is 11.8 Å². The Balaban J connectivity index is 1.99. The van der Waals surface area contributed by atoms with Crippen LogP contribution in [-0.2, 0) is 19.1 Å². The van der Waals surface area contributed by atoms with Gasteiger partial charge < -0.3 is 19.6 Å². The Morgan fingerprint density at radius 2 is 2.03 bits per heavy atom. The predicted molar refractivity (Wildman–Crippen MR) is 139 cm³/mol. The van der Waals surface area contributed by atoms with Crippen molar-refractivity contribution in [2.24, 2.45) is 17.8 Å². The Hall–Kier alpha value is -1.54. The first kappa shape index (κ1) is 28.0. The minimum Gasteiger partial charge on any atom is -0.466 e. The molecular formula is C27H44N2O5S. The maximum absolute atomic E-state index is 14.3. The maximum atomic E-state index is 14.3. The van der Waals surface area contributed by atoms with Crippen molar-refractivity contribution < 1.29 is 24.2 Å². The summed E-state index contributed by atoms with van der Waals surface area (Å²) in [4.78, 5) is 45.1. The van der Waals surface area contributed by atoms with Gasteiger partial charge in [-0.05, 0) is 45.4 Å².